The van der Waals surface area contributed by atoms with Gasteiger partial charge < -0.3 is 9.64 Å². The third-order valence-electron chi connectivity index (χ3n) is 4.87. The zero-order valence-corrected chi connectivity index (χ0v) is 17.5. The summed E-state index contributed by atoms with van der Waals surface area (Å²) in [6.45, 7) is 1.77. The van der Waals surface area contributed by atoms with Crippen LogP contribution in [-0.2, 0) is 4.74 Å². The van der Waals surface area contributed by atoms with E-state index in [4.69, 9.17) is 0 Å². The number of aromatic nitrogens is 4. The lowest BCUT2D eigenvalue weighted by Crippen LogP contribution is -2.27. The number of halogens is 1. The molecular weight excluding hydrogens is 415 g/mol. The lowest BCUT2D eigenvalue weighted by atomic mass is 10.2. The molecule has 0 atom stereocenters. The third-order valence-corrected chi connectivity index (χ3v) is 4.87. The van der Waals surface area contributed by atoms with E-state index >= 15 is 0 Å². The molecule has 9 nitrogen and oxygen atoms in total. The lowest BCUT2D eigenvalue weighted by Gasteiger charge is -2.17. The highest BCUT2D eigenvalue weighted by Gasteiger charge is 2.19. The highest BCUT2D eigenvalue weighted by Crippen LogP contribution is 2.23. The second kappa shape index (κ2) is 8.42. The van der Waals surface area contributed by atoms with Gasteiger partial charge in [0.2, 0.25) is 0 Å². The Morgan fingerprint density at radius 1 is 1.09 bits per heavy atom. The number of methoxy groups -OCH3 is 1. The van der Waals surface area contributed by atoms with Gasteiger partial charge in [-0.25, -0.2) is 24.1 Å². The van der Waals surface area contributed by atoms with Gasteiger partial charge in [0.1, 0.15) is 17.3 Å². The number of fused-ring (bicyclic) bond motifs is 1. The maximum absolute atomic E-state index is 13.2. The smallest absolute Gasteiger partial charge is 0.412 e. The molecule has 0 saturated heterocycles. The van der Waals surface area contributed by atoms with Crippen LogP contribution in [0, 0.1) is 12.7 Å². The zero-order chi connectivity index (χ0) is 22.8. The molecule has 0 radical (unpaired) electrons. The van der Waals surface area contributed by atoms with Crippen LogP contribution in [0.25, 0.3) is 16.9 Å². The van der Waals surface area contributed by atoms with Crippen molar-refractivity contribution in [1.29, 1.82) is 0 Å². The summed E-state index contributed by atoms with van der Waals surface area (Å²) in [4.78, 5) is 38.8. The average molecular weight is 434 g/mol. The number of anilines is 2. The number of benzene rings is 1. The monoisotopic (exact) mass is 434 g/mol. The Morgan fingerprint density at radius 3 is 2.50 bits per heavy atom. The highest BCUT2D eigenvalue weighted by atomic mass is 19.1. The van der Waals surface area contributed by atoms with Gasteiger partial charge in [0, 0.05) is 30.7 Å². The number of nitrogens with one attached hydrogen (secondary N) is 1. The predicted octanol–water partition coefficient (Wildman–Crippen LogP) is 3.69. The molecule has 10 heteroatoms. The lowest BCUT2D eigenvalue weighted by molar-refractivity contribution is 0.0987. The number of rotatable bonds is 4. The van der Waals surface area contributed by atoms with Crippen LogP contribution in [0.2, 0.25) is 0 Å². The van der Waals surface area contributed by atoms with E-state index in [1.54, 1.807) is 49.1 Å². The summed E-state index contributed by atoms with van der Waals surface area (Å²) in [5.41, 5.74) is 3.34. The number of amides is 2. The Labute approximate surface area is 182 Å². The summed E-state index contributed by atoms with van der Waals surface area (Å²) in [5.74, 6) is -0.393. The van der Waals surface area contributed by atoms with E-state index in [1.165, 1.54) is 36.3 Å². The molecule has 0 fully saturated rings. The fourth-order valence-electron chi connectivity index (χ4n) is 3.19. The first-order valence-electron chi connectivity index (χ1n) is 9.57. The summed E-state index contributed by atoms with van der Waals surface area (Å²) < 4.78 is 19.5. The van der Waals surface area contributed by atoms with E-state index < -0.39 is 6.09 Å². The van der Waals surface area contributed by atoms with Crippen molar-refractivity contribution in [2.24, 2.45) is 0 Å². The molecule has 3 heterocycles. The Bertz CT molecular complexity index is 1300. The van der Waals surface area contributed by atoms with Gasteiger partial charge >= 0.3 is 6.09 Å². The molecule has 0 unspecified atom stereocenters. The fraction of sp³-hybridized carbons (Fsp3) is 0.136. The van der Waals surface area contributed by atoms with Gasteiger partial charge in [-0.2, -0.15) is 0 Å². The second-order valence-corrected chi connectivity index (χ2v) is 6.94. The van der Waals surface area contributed by atoms with Crippen molar-refractivity contribution in [1.82, 2.24) is 19.4 Å². The van der Waals surface area contributed by atoms with Crippen LogP contribution in [0.1, 0.15) is 16.2 Å². The number of hydrogen-bond donors (Lipinski definition) is 1. The Balaban J connectivity index is 1.69. The standard InChI is InChI=1S/C22H19FN6O3/c1-13-20-25-11-18(14-4-9-19(24-10-14)27-22(31)32-3)29(20)12-17(26-13)21(30)28(2)16-7-5-15(23)6-8-16/h4-12H,1-3H3,(H,24,27,31). The number of hydrogen-bond acceptors (Lipinski definition) is 6. The van der Waals surface area contributed by atoms with Crippen LogP contribution in [-0.4, -0.2) is 45.5 Å². The van der Waals surface area contributed by atoms with Crippen LogP contribution in [0.3, 0.4) is 0 Å². The van der Waals surface area contributed by atoms with Gasteiger partial charge in [-0.15, -0.1) is 0 Å². The summed E-state index contributed by atoms with van der Waals surface area (Å²) >= 11 is 0. The zero-order valence-electron chi connectivity index (χ0n) is 17.5. The molecule has 0 aliphatic carbocycles. The molecule has 4 aromatic rings. The van der Waals surface area contributed by atoms with Gasteiger partial charge in [-0.05, 0) is 43.3 Å². The van der Waals surface area contributed by atoms with E-state index in [0.717, 1.165) is 5.56 Å². The first-order valence-corrected chi connectivity index (χ1v) is 9.57. The quantitative estimate of drug-likeness (QED) is 0.526. The van der Waals surface area contributed by atoms with Crippen molar-refractivity contribution in [3.63, 3.8) is 0 Å². The van der Waals surface area contributed by atoms with Crippen molar-refractivity contribution >= 4 is 29.2 Å². The Morgan fingerprint density at radius 2 is 1.84 bits per heavy atom. The fourth-order valence-corrected chi connectivity index (χ4v) is 3.19. The van der Waals surface area contributed by atoms with Crippen molar-refractivity contribution in [2.45, 2.75) is 6.92 Å². The second-order valence-electron chi connectivity index (χ2n) is 6.94. The van der Waals surface area contributed by atoms with Crippen molar-refractivity contribution in [3.05, 3.63) is 72.2 Å². The molecule has 4 rings (SSSR count). The molecule has 0 bridgehead atoms. The van der Waals surface area contributed by atoms with Gasteiger partial charge in [0.05, 0.1) is 24.7 Å². The number of carbonyl (C=O) groups is 2. The van der Waals surface area contributed by atoms with Gasteiger partial charge in [0.25, 0.3) is 5.91 Å². The summed E-state index contributed by atoms with van der Waals surface area (Å²) in [6, 6.07) is 9.03. The van der Waals surface area contributed by atoms with Gasteiger partial charge in [0.15, 0.2) is 5.65 Å². The molecular formula is C22H19FN6O3. The van der Waals surface area contributed by atoms with Crippen LogP contribution in [0.15, 0.2) is 55.0 Å². The molecule has 0 aliphatic heterocycles. The predicted molar refractivity (Wildman–Crippen MR) is 116 cm³/mol. The largest absolute Gasteiger partial charge is 0.453 e. The number of carbonyl (C=O) groups excluding carboxylic acids is 2. The van der Waals surface area contributed by atoms with Crippen LogP contribution in [0.4, 0.5) is 20.7 Å². The van der Waals surface area contributed by atoms with E-state index in [2.05, 4.69) is 25.0 Å². The van der Waals surface area contributed by atoms with Crippen LogP contribution < -0.4 is 10.2 Å². The SMILES string of the molecule is COC(=O)Nc1ccc(-c2cnc3c(C)nc(C(=O)N(C)c4ccc(F)cc4)cn23)cn1. The minimum Gasteiger partial charge on any atom is -0.453 e. The number of aryl methyl sites for hydroxylation is 1. The van der Waals surface area contributed by atoms with E-state index in [9.17, 15) is 14.0 Å². The van der Waals surface area contributed by atoms with E-state index in [0.29, 0.717) is 28.5 Å². The van der Waals surface area contributed by atoms with E-state index in [-0.39, 0.29) is 17.4 Å². The highest BCUT2D eigenvalue weighted by molar-refractivity contribution is 6.04. The Kier molecular flexibility index (Phi) is 5.50. The molecule has 0 spiro atoms. The minimum atomic E-state index is -0.616. The third kappa shape index (κ3) is 3.97. The van der Waals surface area contributed by atoms with Gasteiger partial charge in [-0.3, -0.25) is 14.5 Å². The molecule has 2 amide bonds. The topological polar surface area (TPSA) is 102 Å². The molecule has 3 aromatic heterocycles. The summed E-state index contributed by atoms with van der Waals surface area (Å²) in [5, 5.41) is 2.49. The normalized spacial score (nSPS) is 10.8. The molecule has 1 N–H and O–H groups in total. The number of nitrogens with zero attached hydrogens (tertiary/aromatic N) is 5. The van der Waals surface area contributed by atoms with Crippen LogP contribution >= 0.6 is 0 Å². The number of imidazole rings is 1. The van der Waals surface area contributed by atoms with Crippen molar-refractivity contribution < 1.29 is 18.7 Å². The van der Waals surface area contributed by atoms with Crippen molar-refractivity contribution in [3.8, 4) is 11.3 Å². The molecule has 0 saturated carbocycles. The first-order chi connectivity index (χ1) is 15.4. The summed E-state index contributed by atoms with van der Waals surface area (Å²) in [7, 11) is 2.87. The summed E-state index contributed by atoms with van der Waals surface area (Å²) in [6.07, 6.45) is 4.23. The maximum atomic E-state index is 13.2. The van der Waals surface area contributed by atoms with Crippen molar-refractivity contribution in [2.75, 3.05) is 24.4 Å². The molecule has 162 valence electrons. The maximum Gasteiger partial charge on any atom is 0.412 e. The first kappa shape index (κ1) is 20.9. The number of pyridine rings is 1. The van der Waals surface area contributed by atoms with E-state index in [1.807, 2.05) is 0 Å². The molecule has 32 heavy (non-hydrogen) atoms. The molecule has 0 aliphatic rings. The number of ether oxygens (including phenoxy) is 1. The van der Waals surface area contributed by atoms with Gasteiger partial charge in [-0.1, -0.05) is 0 Å². The molecule has 1 aromatic carbocycles. The Hall–Kier alpha value is -4.34. The minimum absolute atomic E-state index is 0.206. The average Bonchev–Trinajstić information content (AvgIpc) is 3.23. The van der Waals surface area contributed by atoms with Crippen LogP contribution in [0.5, 0.6) is 0 Å².